The van der Waals surface area contributed by atoms with Crippen LogP contribution in [0.3, 0.4) is 0 Å². The molecule has 3 saturated heterocycles. The number of rotatable bonds is 7. The van der Waals surface area contributed by atoms with Crippen LogP contribution in [0.4, 0.5) is 0 Å². The second-order valence-corrected chi connectivity index (χ2v) is 9.04. The van der Waals surface area contributed by atoms with Gasteiger partial charge in [-0.1, -0.05) is 6.07 Å². The number of amides is 1. The Morgan fingerprint density at radius 1 is 1.03 bits per heavy atom. The molecule has 0 bridgehead atoms. The molecule has 6 nitrogen and oxygen atoms in total. The molecule has 0 radical (unpaired) electrons. The molecule has 1 N–H and O–H groups in total. The van der Waals surface area contributed by atoms with Gasteiger partial charge in [-0.15, -0.1) is 0 Å². The van der Waals surface area contributed by atoms with Crippen molar-refractivity contribution in [3.63, 3.8) is 0 Å². The van der Waals surface area contributed by atoms with Gasteiger partial charge in [-0.3, -0.25) is 19.6 Å². The minimum atomic E-state index is 0.177. The van der Waals surface area contributed by atoms with E-state index in [1.807, 2.05) is 18.5 Å². The third-order valence-electron chi connectivity index (χ3n) is 6.95. The van der Waals surface area contributed by atoms with Crippen LogP contribution in [0.15, 0.2) is 24.5 Å². The Kier molecular flexibility index (Phi) is 7.52. The van der Waals surface area contributed by atoms with Gasteiger partial charge in [0, 0.05) is 44.6 Å². The maximum Gasteiger partial charge on any atom is 0.224 e. The highest BCUT2D eigenvalue weighted by Gasteiger charge is 2.31. The Morgan fingerprint density at radius 2 is 1.86 bits per heavy atom. The first-order valence-electron chi connectivity index (χ1n) is 11.6. The van der Waals surface area contributed by atoms with Gasteiger partial charge in [0.2, 0.25) is 5.91 Å². The molecular formula is C23H37N5O. The minimum Gasteiger partial charge on any atom is -0.355 e. The number of nitrogens with one attached hydrogen (secondary N) is 1. The topological polar surface area (TPSA) is 51.7 Å². The normalized spacial score (nSPS) is 25.3. The molecule has 0 aromatic carbocycles. The van der Waals surface area contributed by atoms with E-state index in [0.29, 0.717) is 6.04 Å². The van der Waals surface area contributed by atoms with Gasteiger partial charge in [-0.05, 0) is 82.9 Å². The molecule has 0 spiro atoms. The van der Waals surface area contributed by atoms with Gasteiger partial charge in [-0.2, -0.15) is 0 Å². The van der Waals surface area contributed by atoms with E-state index >= 15 is 0 Å². The zero-order chi connectivity index (χ0) is 19.9. The van der Waals surface area contributed by atoms with Gasteiger partial charge in [0.25, 0.3) is 0 Å². The second-order valence-electron chi connectivity index (χ2n) is 9.04. The Hall–Kier alpha value is -1.50. The lowest BCUT2D eigenvalue weighted by molar-refractivity contribution is -0.127. The highest BCUT2D eigenvalue weighted by Crippen LogP contribution is 2.24. The first-order valence-corrected chi connectivity index (χ1v) is 11.6. The lowest BCUT2D eigenvalue weighted by atomic mass is 9.93. The van der Waals surface area contributed by atoms with Crippen LogP contribution in [0.5, 0.6) is 0 Å². The summed E-state index contributed by atoms with van der Waals surface area (Å²) in [5, 5.41) is 3.22. The summed E-state index contributed by atoms with van der Waals surface area (Å²) in [7, 11) is 0. The summed E-state index contributed by atoms with van der Waals surface area (Å²) in [5.41, 5.74) is 1.30. The molecule has 1 atom stereocenters. The predicted molar refractivity (Wildman–Crippen MR) is 116 cm³/mol. The molecule has 3 aliphatic heterocycles. The quantitative estimate of drug-likeness (QED) is 0.760. The second kappa shape index (κ2) is 10.5. The van der Waals surface area contributed by atoms with Crippen molar-refractivity contribution in [1.82, 2.24) is 25.0 Å². The highest BCUT2D eigenvalue weighted by molar-refractivity contribution is 5.78. The van der Waals surface area contributed by atoms with Crippen molar-refractivity contribution in [3.05, 3.63) is 30.1 Å². The molecule has 4 heterocycles. The molecule has 1 aromatic heterocycles. The Morgan fingerprint density at radius 3 is 2.62 bits per heavy atom. The third-order valence-corrected chi connectivity index (χ3v) is 6.95. The fraction of sp³-hybridized carbons (Fsp3) is 0.739. The molecule has 1 unspecified atom stereocenters. The number of pyridine rings is 1. The summed E-state index contributed by atoms with van der Waals surface area (Å²) in [6.07, 6.45) is 11.1. The van der Waals surface area contributed by atoms with Crippen LogP contribution in [-0.4, -0.2) is 84.0 Å². The van der Waals surface area contributed by atoms with Crippen molar-refractivity contribution in [1.29, 1.82) is 0 Å². The summed E-state index contributed by atoms with van der Waals surface area (Å²) in [6.45, 7) is 9.61. The Bertz CT molecular complexity index is 625. The van der Waals surface area contributed by atoms with Gasteiger partial charge in [0.15, 0.2) is 0 Å². The number of carbonyl (C=O) groups is 1. The number of nitrogens with zero attached hydrogens (tertiary/aromatic N) is 4. The van der Waals surface area contributed by atoms with Gasteiger partial charge in [0.1, 0.15) is 0 Å². The van der Waals surface area contributed by atoms with Gasteiger partial charge in [-0.25, -0.2) is 0 Å². The van der Waals surface area contributed by atoms with Crippen LogP contribution in [0.25, 0.3) is 0 Å². The highest BCUT2D eigenvalue weighted by atomic mass is 16.1. The van der Waals surface area contributed by atoms with Crippen molar-refractivity contribution in [2.45, 2.75) is 51.1 Å². The fourth-order valence-electron chi connectivity index (χ4n) is 5.23. The zero-order valence-corrected chi connectivity index (χ0v) is 17.8. The molecule has 6 heteroatoms. The summed E-state index contributed by atoms with van der Waals surface area (Å²) in [4.78, 5) is 24.5. The number of carbonyl (C=O) groups excluding carboxylic acids is 1. The van der Waals surface area contributed by atoms with E-state index in [1.54, 1.807) is 0 Å². The standard InChI is InChI=1S/C23H37N5O/c29-23(25-10-16-26-11-1-2-12-26)21-6-4-13-28(19-21)22-7-14-27(15-8-22)18-20-5-3-9-24-17-20/h3,5,9,17,21-22H,1-2,4,6-8,10-16,18-19H2,(H,25,29). The smallest absolute Gasteiger partial charge is 0.224 e. The molecule has 0 saturated carbocycles. The maximum atomic E-state index is 12.7. The van der Waals surface area contributed by atoms with E-state index in [4.69, 9.17) is 0 Å². The SMILES string of the molecule is O=C(NCCN1CCCC1)C1CCCN(C2CCN(Cc3cccnc3)CC2)C1. The number of aromatic nitrogens is 1. The van der Waals surface area contributed by atoms with Crippen molar-refractivity contribution in [3.8, 4) is 0 Å². The number of hydrogen-bond donors (Lipinski definition) is 1. The third kappa shape index (κ3) is 6.00. The number of hydrogen-bond acceptors (Lipinski definition) is 5. The van der Waals surface area contributed by atoms with Crippen molar-refractivity contribution >= 4 is 5.91 Å². The van der Waals surface area contributed by atoms with E-state index in [0.717, 1.165) is 58.7 Å². The Balaban J connectivity index is 1.18. The summed E-state index contributed by atoms with van der Waals surface area (Å²) in [5.74, 6) is 0.457. The maximum absolute atomic E-state index is 12.7. The van der Waals surface area contributed by atoms with E-state index in [9.17, 15) is 4.79 Å². The predicted octanol–water partition coefficient (Wildman–Crippen LogP) is 1.97. The lowest BCUT2D eigenvalue weighted by Crippen LogP contribution is -2.51. The van der Waals surface area contributed by atoms with Crippen LogP contribution in [0.2, 0.25) is 0 Å². The summed E-state index contributed by atoms with van der Waals surface area (Å²) < 4.78 is 0. The molecule has 3 fully saturated rings. The lowest BCUT2D eigenvalue weighted by Gasteiger charge is -2.42. The minimum absolute atomic E-state index is 0.177. The molecule has 4 rings (SSSR count). The molecule has 3 aliphatic rings. The van der Waals surface area contributed by atoms with E-state index in [-0.39, 0.29) is 11.8 Å². The first kappa shape index (κ1) is 20.8. The van der Waals surface area contributed by atoms with Crippen molar-refractivity contribution < 1.29 is 4.79 Å². The van der Waals surface area contributed by atoms with E-state index < -0.39 is 0 Å². The van der Waals surface area contributed by atoms with Crippen molar-refractivity contribution in [2.75, 3.05) is 52.4 Å². The molecule has 1 amide bonds. The van der Waals surface area contributed by atoms with Crippen LogP contribution >= 0.6 is 0 Å². The molecule has 29 heavy (non-hydrogen) atoms. The van der Waals surface area contributed by atoms with Crippen LogP contribution in [0, 0.1) is 5.92 Å². The van der Waals surface area contributed by atoms with Crippen LogP contribution in [-0.2, 0) is 11.3 Å². The molecular weight excluding hydrogens is 362 g/mol. The molecule has 1 aromatic rings. The average molecular weight is 400 g/mol. The molecule has 0 aliphatic carbocycles. The van der Waals surface area contributed by atoms with Gasteiger partial charge >= 0.3 is 0 Å². The monoisotopic (exact) mass is 399 g/mol. The van der Waals surface area contributed by atoms with Gasteiger partial charge in [0.05, 0.1) is 5.92 Å². The van der Waals surface area contributed by atoms with Crippen LogP contribution < -0.4 is 5.32 Å². The largest absolute Gasteiger partial charge is 0.355 e. The van der Waals surface area contributed by atoms with Crippen molar-refractivity contribution in [2.24, 2.45) is 5.92 Å². The fourth-order valence-corrected chi connectivity index (χ4v) is 5.23. The summed E-state index contributed by atoms with van der Waals surface area (Å²) >= 11 is 0. The van der Waals surface area contributed by atoms with Crippen LogP contribution in [0.1, 0.15) is 44.1 Å². The summed E-state index contributed by atoms with van der Waals surface area (Å²) in [6, 6.07) is 4.82. The zero-order valence-electron chi connectivity index (χ0n) is 17.8. The number of piperidine rings is 2. The van der Waals surface area contributed by atoms with E-state index in [2.05, 4.69) is 31.1 Å². The Labute approximate surface area is 175 Å². The average Bonchev–Trinajstić information content (AvgIpc) is 3.29. The first-order chi connectivity index (χ1) is 14.3. The molecule has 160 valence electrons. The number of likely N-dealkylation sites (tertiary alicyclic amines) is 3. The van der Waals surface area contributed by atoms with Gasteiger partial charge < -0.3 is 10.2 Å². The van der Waals surface area contributed by atoms with E-state index in [1.165, 1.54) is 44.3 Å².